The van der Waals surface area contributed by atoms with Gasteiger partial charge in [0.1, 0.15) is 11.4 Å². The molecule has 0 radical (unpaired) electrons. The van der Waals surface area contributed by atoms with Gasteiger partial charge in [0.05, 0.1) is 10.6 Å². The molecule has 39 heavy (non-hydrogen) atoms. The van der Waals surface area contributed by atoms with E-state index >= 15 is 0 Å². The van der Waals surface area contributed by atoms with E-state index in [9.17, 15) is 4.79 Å². The number of allylic oxidation sites excluding steroid dienone is 1. The van der Waals surface area contributed by atoms with E-state index < -0.39 is 5.91 Å². The highest BCUT2D eigenvalue weighted by molar-refractivity contribution is 6.37. The Morgan fingerprint density at radius 2 is 1.36 bits per heavy atom. The number of carbonyl (C=O) groups excluding carboxylic acids is 1. The fraction of sp³-hybridized carbons (Fsp3) is 0. The number of aromatic nitrogens is 3. The average Bonchev–Trinajstić information content (AvgIpc) is 2.98. The number of amides is 1. The van der Waals surface area contributed by atoms with Crippen LogP contribution in [0.5, 0.6) is 0 Å². The summed E-state index contributed by atoms with van der Waals surface area (Å²) in [5, 5.41) is 14.9. The highest BCUT2D eigenvalue weighted by Crippen LogP contribution is 2.30. The van der Waals surface area contributed by atoms with Crippen LogP contribution in [0, 0.1) is 0 Å². The lowest BCUT2D eigenvalue weighted by Gasteiger charge is -2.17. The van der Waals surface area contributed by atoms with Crippen LogP contribution in [-0.2, 0) is 0 Å². The molecule has 0 aliphatic rings. The lowest BCUT2D eigenvalue weighted by Crippen LogP contribution is -2.28. The molecule has 0 fully saturated rings. The van der Waals surface area contributed by atoms with Crippen molar-refractivity contribution < 1.29 is 4.79 Å². The van der Waals surface area contributed by atoms with Crippen LogP contribution in [0.15, 0.2) is 120 Å². The summed E-state index contributed by atoms with van der Waals surface area (Å²) in [5.74, 6) is -0.539. The fourth-order valence-electron chi connectivity index (χ4n) is 3.79. The van der Waals surface area contributed by atoms with Gasteiger partial charge < -0.3 is 0 Å². The zero-order valence-corrected chi connectivity index (χ0v) is 22.0. The number of hydrogen-bond donors (Lipinski definition) is 0. The molecule has 0 unspecified atom stereocenters. The van der Waals surface area contributed by atoms with Gasteiger partial charge in [0, 0.05) is 22.4 Å². The number of hydrogen-bond acceptors (Lipinski definition) is 5. The SMILES string of the molecule is O=C(c1ccc(Cl)cc1Cl)N(/N=C\C=C/c1ccccc1)c1nnc(-c2ccccc2)c(-c2ccccc2)n1. The maximum absolute atomic E-state index is 13.7. The van der Waals surface area contributed by atoms with Crippen molar-refractivity contribution in [2.24, 2.45) is 5.10 Å². The second-order valence-electron chi connectivity index (χ2n) is 8.32. The van der Waals surface area contributed by atoms with Crippen molar-refractivity contribution in [3.05, 3.63) is 136 Å². The molecular formula is C31H21Cl2N5O. The lowest BCUT2D eigenvalue weighted by molar-refractivity contribution is 0.0986. The first kappa shape index (κ1) is 26.0. The molecule has 6 nitrogen and oxygen atoms in total. The number of hydrazone groups is 1. The summed E-state index contributed by atoms with van der Waals surface area (Å²) in [6, 6.07) is 33.6. The molecule has 0 bridgehead atoms. The molecule has 5 rings (SSSR count). The average molecular weight is 550 g/mol. The first-order valence-corrected chi connectivity index (χ1v) is 12.8. The number of carbonyl (C=O) groups is 1. The molecule has 1 aromatic heterocycles. The molecule has 4 aromatic carbocycles. The van der Waals surface area contributed by atoms with Crippen LogP contribution >= 0.6 is 23.2 Å². The second kappa shape index (κ2) is 12.3. The van der Waals surface area contributed by atoms with Crippen LogP contribution in [0.3, 0.4) is 0 Å². The van der Waals surface area contributed by atoms with Crippen LogP contribution in [0.25, 0.3) is 28.6 Å². The molecule has 190 valence electrons. The van der Waals surface area contributed by atoms with Crippen molar-refractivity contribution in [1.82, 2.24) is 15.2 Å². The number of halogens is 2. The van der Waals surface area contributed by atoms with Crippen LogP contribution in [-0.4, -0.2) is 27.3 Å². The zero-order valence-electron chi connectivity index (χ0n) is 20.5. The van der Waals surface area contributed by atoms with Crippen LogP contribution in [0.1, 0.15) is 15.9 Å². The molecular weight excluding hydrogens is 529 g/mol. The Hall–Kier alpha value is -4.65. The number of rotatable bonds is 7. The summed E-state index contributed by atoms with van der Waals surface area (Å²) in [7, 11) is 0. The summed E-state index contributed by atoms with van der Waals surface area (Å²) in [5.41, 5.74) is 3.98. The van der Waals surface area contributed by atoms with Crippen molar-refractivity contribution in [3.8, 4) is 22.5 Å². The quantitative estimate of drug-likeness (QED) is 0.153. The molecule has 0 atom stereocenters. The highest BCUT2D eigenvalue weighted by Gasteiger charge is 2.24. The predicted molar refractivity (Wildman–Crippen MR) is 158 cm³/mol. The summed E-state index contributed by atoms with van der Waals surface area (Å²) in [6.45, 7) is 0. The van der Waals surface area contributed by atoms with Gasteiger partial charge in [-0.25, -0.2) is 4.98 Å². The van der Waals surface area contributed by atoms with Gasteiger partial charge in [0.2, 0.25) is 0 Å². The molecule has 0 aliphatic heterocycles. The third kappa shape index (κ3) is 6.26. The van der Waals surface area contributed by atoms with Crippen molar-refractivity contribution in [1.29, 1.82) is 0 Å². The monoisotopic (exact) mass is 549 g/mol. The predicted octanol–water partition coefficient (Wildman–Crippen LogP) is 7.86. The normalized spacial score (nSPS) is 11.2. The Morgan fingerprint density at radius 1 is 0.744 bits per heavy atom. The molecule has 0 saturated carbocycles. The standard InChI is InChI=1S/C31H21Cl2N5O/c32-25-18-19-26(27(33)21-25)30(39)38(34-20-10-13-22-11-4-1-5-12-22)31-35-28(23-14-6-2-7-15-23)29(36-37-31)24-16-8-3-9-17-24/h1-21H/b13-10-,34-20-. The summed E-state index contributed by atoms with van der Waals surface area (Å²) in [4.78, 5) is 18.5. The first-order chi connectivity index (χ1) is 19.1. The third-order valence-corrected chi connectivity index (χ3v) is 6.22. The van der Waals surface area contributed by atoms with E-state index in [1.54, 1.807) is 18.2 Å². The minimum absolute atomic E-state index is 0.00564. The topological polar surface area (TPSA) is 71.3 Å². The van der Waals surface area contributed by atoms with Gasteiger partial charge in [-0.3, -0.25) is 4.79 Å². The van der Waals surface area contributed by atoms with Gasteiger partial charge in [-0.15, -0.1) is 10.2 Å². The van der Waals surface area contributed by atoms with E-state index in [1.807, 2.05) is 97.1 Å². The molecule has 1 amide bonds. The van der Waals surface area contributed by atoms with Crippen molar-refractivity contribution in [2.45, 2.75) is 0 Å². The van der Waals surface area contributed by atoms with Crippen molar-refractivity contribution in [2.75, 3.05) is 5.01 Å². The molecule has 0 aliphatic carbocycles. The number of anilines is 1. The Bertz CT molecular complexity index is 1640. The maximum Gasteiger partial charge on any atom is 0.282 e. The Labute approximate surface area is 235 Å². The molecule has 1 heterocycles. The Morgan fingerprint density at radius 3 is 2.00 bits per heavy atom. The smallest absolute Gasteiger partial charge is 0.267 e. The summed E-state index contributed by atoms with van der Waals surface area (Å²) in [6.07, 6.45) is 5.09. The first-order valence-electron chi connectivity index (χ1n) is 12.0. The lowest BCUT2D eigenvalue weighted by atomic mass is 10.0. The number of nitrogens with zero attached hydrogens (tertiary/aromatic N) is 5. The minimum atomic E-state index is -0.533. The van der Waals surface area contributed by atoms with Crippen LogP contribution in [0.2, 0.25) is 10.0 Å². The summed E-state index contributed by atoms with van der Waals surface area (Å²) >= 11 is 12.4. The molecule has 5 aromatic rings. The molecule has 0 spiro atoms. The highest BCUT2D eigenvalue weighted by atomic mass is 35.5. The zero-order chi connectivity index (χ0) is 27.0. The van der Waals surface area contributed by atoms with Crippen LogP contribution < -0.4 is 5.01 Å². The van der Waals surface area contributed by atoms with Gasteiger partial charge in [-0.2, -0.15) is 10.1 Å². The number of benzene rings is 4. The van der Waals surface area contributed by atoms with Crippen molar-refractivity contribution >= 4 is 47.3 Å². The molecule has 0 saturated heterocycles. The van der Waals surface area contributed by atoms with E-state index in [2.05, 4.69) is 15.3 Å². The van der Waals surface area contributed by atoms with E-state index in [0.29, 0.717) is 16.4 Å². The Kier molecular flexibility index (Phi) is 8.17. The Balaban J connectivity index is 1.60. The van der Waals surface area contributed by atoms with Crippen LogP contribution in [0.4, 0.5) is 5.95 Å². The maximum atomic E-state index is 13.7. The van der Waals surface area contributed by atoms with Gasteiger partial charge in [0.15, 0.2) is 0 Å². The van der Waals surface area contributed by atoms with Crippen molar-refractivity contribution in [3.63, 3.8) is 0 Å². The van der Waals surface area contributed by atoms with E-state index in [-0.39, 0.29) is 16.5 Å². The minimum Gasteiger partial charge on any atom is -0.267 e. The van der Waals surface area contributed by atoms with Gasteiger partial charge in [-0.1, -0.05) is 120 Å². The van der Waals surface area contributed by atoms with E-state index in [0.717, 1.165) is 21.7 Å². The molecule has 8 heteroatoms. The third-order valence-electron chi connectivity index (χ3n) is 5.67. The van der Waals surface area contributed by atoms with E-state index in [4.69, 9.17) is 28.2 Å². The van der Waals surface area contributed by atoms with Gasteiger partial charge in [0.25, 0.3) is 11.9 Å². The molecule has 0 N–H and O–H groups in total. The van der Waals surface area contributed by atoms with Gasteiger partial charge in [-0.05, 0) is 29.8 Å². The largest absolute Gasteiger partial charge is 0.282 e. The summed E-state index contributed by atoms with van der Waals surface area (Å²) < 4.78 is 0. The van der Waals surface area contributed by atoms with Gasteiger partial charge >= 0.3 is 0 Å². The second-order valence-corrected chi connectivity index (χ2v) is 9.16. The van der Waals surface area contributed by atoms with E-state index in [1.165, 1.54) is 12.3 Å². The fourth-order valence-corrected chi connectivity index (χ4v) is 4.28.